The zero-order valence-corrected chi connectivity index (χ0v) is 19.2. The van der Waals surface area contributed by atoms with Gasteiger partial charge in [-0.2, -0.15) is 0 Å². The lowest BCUT2D eigenvalue weighted by atomic mass is 10.1. The third-order valence-corrected chi connectivity index (χ3v) is 5.48. The number of hydrogen-bond acceptors (Lipinski definition) is 4. The second-order valence-electron chi connectivity index (χ2n) is 7.04. The van der Waals surface area contributed by atoms with E-state index in [0.29, 0.717) is 20.8 Å². The minimum atomic E-state index is -0.869. The molecule has 0 atom stereocenters. The molecule has 0 saturated carbocycles. The summed E-state index contributed by atoms with van der Waals surface area (Å²) >= 11 is 9.36. The molecule has 6 nitrogen and oxygen atoms in total. The summed E-state index contributed by atoms with van der Waals surface area (Å²) in [5, 5.41) is 2.51. The van der Waals surface area contributed by atoms with Crippen molar-refractivity contribution in [2.24, 2.45) is 0 Å². The topological polar surface area (TPSA) is 75.7 Å². The van der Waals surface area contributed by atoms with Crippen molar-refractivity contribution < 1.29 is 23.5 Å². The van der Waals surface area contributed by atoms with E-state index in [4.69, 9.17) is 16.3 Å². The van der Waals surface area contributed by atoms with Crippen molar-refractivity contribution in [1.29, 1.82) is 0 Å². The summed E-state index contributed by atoms with van der Waals surface area (Å²) in [6.45, 7) is 0.144. The van der Waals surface area contributed by atoms with E-state index in [1.54, 1.807) is 42.5 Å². The van der Waals surface area contributed by atoms with E-state index < -0.39 is 17.8 Å². The largest absolute Gasteiger partial charge is 0.488 e. The molecule has 33 heavy (non-hydrogen) atoms. The van der Waals surface area contributed by atoms with E-state index in [1.165, 1.54) is 30.3 Å². The first-order valence-corrected chi connectivity index (χ1v) is 10.8. The van der Waals surface area contributed by atoms with Crippen molar-refractivity contribution in [1.82, 2.24) is 5.32 Å². The summed E-state index contributed by atoms with van der Waals surface area (Å²) < 4.78 is 19.7. The van der Waals surface area contributed by atoms with E-state index in [1.807, 2.05) is 0 Å². The minimum absolute atomic E-state index is 0.144. The molecule has 0 unspecified atom stereocenters. The first-order chi connectivity index (χ1) is 15.8. The van der Waals surface area contributed by atoms with Crippen LogP contribution >= 0.6 is 27.5 Å². The summed E-state index contributed by atoms with van der Waals surface area (Å²) in [6, 6.07) is 16.2. The summed E-state index contributed by atoms with van der Waals surface area (Å²) in [6.07, 6.45) is 1.35. The number of benzene rings is 3. The van der Waals surface area contributed by atoms with Gasteiger partial charge in [-0.25, -0.2) is 14.1 Å². The number of barbiturate groups is 1. The number of nitrogens with zero attached hydrogens (tertiary/aromatic N) is 1. The van der Waals surface area contributed by atoms with E-state index in [0.717, 1.165) is 10.5 Å². The highest BCUT2D eigenvalue weighted by atomic mass is 79.9. The van der Waals surface area contributed by atoms with E-state index >= 15 is 0 Å². The second-order valence-corrected chi connectivity index (χ2v) is 8.39. The van der Waals surface area contributed by atoms with Crippen LogP contribution in [0.1, 0.15) is 11.1 Å². The maximum atomic E-state index is 13.1. The van der Waals surface area contributed by atoms with Crippen molar-refractivity contribution >= 4 is 57.1 Å². The van der Waals surface area contributed by atoms with Gasteiger partial charge in [0.1, 0.15) is 23.7 Å². The lowest BCUT2D eigenvalue weighted by Crippen LogP contribution is -2.54. The van der Waals surface area contributed by atoms with Crippen LogP contribution in [-0.2, 0) is 16.2 Å². The third-order valence-electron chi connectivity index (χ3n) is 4.75. The van der Waals surface area contributed by atoms with E-state index in [-0.39, 0.29) is 23.7 Å². The molecule has 1 aliphatic rings. The second kappa shape index (κ2) is 9.56. The predicted octanol–water partition coefficient (Wildman–Crippen LogP) is 5.49. The fourth-order valence-corrected chi connectivity index (χ4v) is 3.73. The van der Waals surface area contributed by atoms with Crippen LogP contribution in [0.3, 0.4) is 0 Å². The number of halogens is 3. The number of rotatable bonds is 5. The number of ether oxygens (including phenoxy) is 1. The quantitative estimate of drug-likeness (QED) is 0.350. The number of carbonyl (C=O) groups excluding carboxylic acids is 3. The SMILES string of the molecule is O=C1NC(=O)N(c2cccc(Cl)c2)C(=O)/C1=C/c1cc(Br)ccc1OCc1ccc(F)cc1. The Balaban J connectivity index is 1.67. The van der Waals surface area contributed by atoms with Crippen LogP contribution < -0.4 is 15.0 Å². The van der Waals surface area contributed by atoms with Gasteiger partial charge in [-0.15, -0.1) is 0 Å². The fourth-order valence-electron chi connectivity index (χ4n) is 3.17. The van der Waals surface area contributed by atoms with Crippen LogP contribution in [0, 0.1) is 5.82 Å². The zero-order chi connectivity index (χ0) is 23.5. The number of carbonyl (C=O) groups is 3. The van der Waals surface area contributed by atoms with Gasteiger partial charge in [0.25, 0.3) is 11.8 Å². The molecule has 0 aromatic heterocycles. The minimum Gasteiger partial charge on any atom is -0.488 e. The molecule has 4 rings (SSSR count). The molecular weight excluding hydrogens is 515 g/mol. The summed E-state index contributed by atoms with van der Waals surface area (Å²) in [5.41, 5.74) is 1.15. The van der Waals surface area contributed by atoms with Gasteiger partial charge < -0.3 is 4.74 Å². The maximum absolute atomic E-state index is 13.1. The summed E-state index contributed by atoms with van der Waals surface area (Å²) in [4.78, 5) is 38.8. The van der Waals surface area contributed by atoms with Gasteiger partial charge in [0.15, 0.2) is 0 Å². The average Bonchev–Trinajstić information content (AvgIpc) is 2.77. The normalized spacial score (nSPS) is 15.1. The molecule has 166 valence electrons. The first kappa shape index (κ1) is 22.7. The number of hydrogen-bond donors (Lipinski definition) is 1. The Hall–Kier alpha value is -3.49. The Morgan fingerprint density at radius 3 is 2.52 bits per heavy atom. The lowest BCUT2D eigenvalue weighted by molar-refractivity contribution is -0.122. The van der Waals surface area contributed by atoms with Gasteiger partial charge in [0, 0.05) is 15.1 Å². The van der Waals surface area contributed by atoms with Crippen molar-refractivity contribution in [2.75, 3.05) is 4.90 Å². The van der Waals surface area contributed by atoms with Crippen LogP contribution in [0.25, 0.3) is 6.08 Å². The molecule has 0 bridgehead atoms. The predicted molar refractivity (Wildman–Crippen MR) is 125 cm³/mol. The van der Waals surface area contributed by atoms with Crippen LogP contribution in [0.5, 0.6) is 5.75 Å². The number of anilines is 1. The fraction of sp³-hybridized carbons (Fsp3) is 0.0417. The van der Waals surface area contributed by atoms with Gasteiger partial charge >= 0.3 is 6.03 Å². The van der Waals surface area contributed by atoms with Crippen molar-refractivity contribution in [2.45, 2.75) is 6.61 Å². The van der Waals surface area contributed by atoms with Gasteiger partial charge in [-0.3, -0.25) is 14.9 Å². The Morgan fingerprint density at radius 1 is 1.03 bits per heavy atom. The Kier molecular flexibility index (Phi) is 6.57. The van der Waals surface area contributed by atoms with Crippen LogP contribution in [0.4, 0.5) is 14.9 Å². The molecule has 1 aliphatic heterocycles. The monoisotopic (exact) mass is 528 g/mol. The zero-order valence-electron chi connectivity index (χ0n) is 16.8. The van der Waals surface area contributed by atoms with Gasteiger partial charge in [0.05, 0.1) is 5.69 Å². The van der Waals surface area contributed by atoms with Crippen molar-refractivity contribution in [3.63, 3.8) is 0 Å². The Morgan fingerprint density at radius 2 is 1.79 bits per heavy atom. The number of nitrogens with one attached hydrogen (secondary N) is 1. The molecule has 9 heteroatoms. The smallest absolute Gasteiger partial charge is 0.335 e. The maximum Gasteiger partial charge on any atom is 0.335 e. The first-order valence-electron chi connectivity index (χ1n) is 9.65. The van der Waals surface area contributed by atoms with Gasteiger partial charge in [-0.05, 0) is 60.2 Å². The van der Waals surface area contributed by atoms with E-state index in [9.17, 15) is 18.8 Å². The van der Waals surface area contributed by atoms with Crippen molar-refractivity contribution in [3.05, 3.63) is 98.7 Å². The summed E-state index contributed by atoms with van der Waals surface area (Å²) in [7, 11) is 0. The molecule has 1 saturated heterocycles. The molecule has 3 aromatic carbocycles. The standard InChI is InChI=1S/C24H15BrClFN2O4/c25-16-6-9-21(33-13-14-4-7-18(27)8-5-14)15(10-16)11-20-22(30)28-24(32)29(23(20)31)19-3-1-2-17(26)12-19/h1-12H,13H2,(H,28,30,32)/b20-11+. The molecule has 4 amide bonds. The highest BCUT2D eigenvalue weighted by Gasteiger charge is 2.37. The van der Waals surface area contributed by atoms with Crippen LogP contribution in [-0.4, -0.2) is 17.8 Å². The Bertz CT molecular complexity index is 1290. The highest BCUT2D eigenvalue weighted by Crippen LogP contribution is 2.29. The summed E-state index contributed by atoms with van der Waals surface area (Å²) in [5.74, 6) is -1.58. The van der Waals surface area contributed by atoms with Crippen LogP contribution in [0.2, 0.25) is 5.02 Å². The molecule has 1 fully saturated rings. The molecule has 0 radical (unpaired) electrons. The molecule has 1 heterocycles. The lowest BCUT2D eigenvalue weighted by Gasteiger charge is -2.26. The number of urea groups is 1. The molecule has 0 spiro atoms. The highest BCUT2D eigenvalue weighted by molar-refractivity contribution is 9.10. The average molecular weight is 530 g/mol. The van der Waals surface area contributed by atoms with Crippen LogP contribution in [0.15, 0.2) is 76.8 Å². The Labute approximate surface area is 201 Å². The number of amides is 4. The van der Waals surface area contributed by atoms with Crippen molar-refractivity contribution in [3.8, 4) is 5.75 Å². The van der Waals surface area contributed by atoms with Gasteiger partial charge in [-0.1, -0.05) is 45.7 Å². The molecular formula is C24H15BrClFN2O4. The molecule has 0 aliphatic carbocycles. The number of imide groups is 2. The molecule has 1 N–H and O–H groups in total. The third kappa shape index (κ3) is 5.13. The van der Waals surface area contributed by atoms with Gasteiger partial charge in [0.2, 0.25) is 0 Å². The van der Waals surface area contributed by atoms with E-state index in [2.05, 4.69) is 21.2 Å². The molecule has 3 aromatic rings.